The minimum atomic E-state index is -0.852. The summed E-state index contributed by atoms with van der Waals surface area (Å²) in [7, 11) is 0. The minimum absolute atomic E-state index is 0.110. The molecule has 2 atom stereocenters. The average Bonchev–Trinajstić information content (AvgIpc) is 3.07. The van der Waals surface area contributed by atoms with E-state index >= 15 is 0 Å². The largest absolute Gasteiger partial charge is 0.481 e. The van der Waals surface area contributed by atoms with Crippen molar-refractivity contribution in [3.05, 3.63) is 27.1 Å². The van der Waals surface area contributed by atoms with Crippen LogP contribution in [-0.2, 0) is 16.1 Å². The van der Waals surface area contributed by atoms with E-state index in [-0.39, 0.29) is 17.6 Å². The number of carboxylic acids is 1. The van der Waals surface area contributed by atoms with Gasteiger partial charge in [-0.15, -0.1) is 0 Å². The molecule has 0 amide bonds. The third-order valence-corrected chi connectivity index (χ3v) is 4.48. The number of nitrogens with zero attached hydrogens (tertiary/aromatic N) is 2. The van der Waals surface area contributed by atoms with Crippen molar-refractivity contribution in [2.75, 3.05) is 19.8 Å². The van der Waals surface area contributed by atoms with Gasteiger partial charge < -0.3 is 9.84 Å². The molecule has 0 radical (unpaired) electrons. The molecule has 0 aromatic carbocycles. The van der Waals surface area contributed by atoms with Crippen LogP contribution in [0.5, 0.6) is 0 Å². The summed E-state index contributed by atoms with van der Waals surface area (Å²) in [5.74, 6) is -1.39. The summed E-state index contributed by atoms with van der Waals surface area (Å²) in [5, 5.41) is 21.8. The Morgan fingerprint density at radius 1 is 1.62 bits per heavy atom. The number of hydrogen-bond acceptors (Lipinski definition) is 6. The van der Waals surface area contributed by atoms with Gasteiger partial charge >= 0.3 is 11.0 Å². The molecule has 2 heterocycles. The van der Waals surface area contributed by atoms with Crippen molar-refractivity contribution in [2.45, 2.75) is 25.9 Å². The highest BCUT2D eigenvalue weighted by molar-refractivity contribution is 7.13. The summed E-state index contributed by atoms with van der Waals surface area (Å²) in [6.45, 7) is 3.89. The molecule has 1 saturated heterocycles. The first kappa shape index (κ1) is 15.9. The van der Waals surface area contributed by atoms with E-state index in [9.17, 15) is 20.0 Å². The minimum Gasteiger partial charge on any atom is -0.481 e. The van der Waals surface area contributed by atoms with E-state index in [0.717, 1.165) is 29.9 Å². The second kappa shape index (κ2) is 6.97. The average molecular weight is 314 g/mol. The number of thiophene rings is 1. The van der Waals surface area contributed by atoms with Crippen molar-refractivity contribution in [3.8, 4) is 0 Å². The summed E-state index contributed by atoms with van der Waals surface area (Å²) in [6.07, 6.45) is 0.884. The van der Waals surface area contributed by atoms with Crippen molar-refractivity contribution in [1.82, 2.24) is 4.90 Å². The number of carbonyl (C=O) groups is 1. The van der Waals surface area contributed by atoms with Crippen molar-refractivity contribution in [1.29, 1.82) is 0 Å². The zero-order chi connectivity index (χ0) is 15.4. The fourth-order valence-corrected chi connectivity index (χ4v) is 3.28. The summed E-state index contributed by atoms with van der Waals surface area (Å²) in [6, 6.07) is 1.38. The van der Waals surface area contributed by atoms with Crippen LogP contribution in [0.1, 0.15) is 18.9 Å². The van der Waals surface area contributed by atoms with Crippen LogP contribution in [0.25, 0.3) is 0 Å². The molecule has 1 aromatic rings. The Labute approximate surface area is 126 Å². The first-order valence-electron chi connectivity index (χ1n) is 6.79. The molecular weight excluding hydrogens is 296 g/mol. The van der Waals surface area contributed by atoms with Gasteiger partial charge in [0.05, 0.1) is 24.1 Å². The smallest absolute Gasteiger partial charge is 0.324 e. The molecule has 0 spiro atoms. The fourth-order valence-electron chi connectivity index (χ4n) is 2.56. The summed E-state index contributed by atoms with van der Waals surface area (Å²) in [5.41, 5.74) is 0.844. The monoisotopic (exact) mass is 314 g/mol. The fraction of sp³-hybridized carbons (Fsp3) is 0.615. The standard InChI is InChI=1S/C13H18N2O5S/c1-2-3-14(11-7-20-6-10(11)13(16)17)5-9-4-12(15(18)19)21-8-9/h4,8,10-11H,2-3,5-7H2,1H3,(H,16,17). The van der Waals surface area contributed by atoms with Crippen molar-refractivity contribution in [3.63, 3.8) is 0 Å². The molecule has 7 nitrogen and oxygen atoms in total. The lowest BCUT2D eigenvalue weighted by Gasteiger charge is -2.29. The summed E-state index contributed by atoms with van der Waals surface area (Å²) in [4.78, 5) is 23.6. The third kappa shape index (κ3) is 3.78. The highest BCUT2D eigenvalue weighted by atomic mass is 32.1. The molecule has 8 heteroatoms. The van der Waals surface area contributed by atoms with Crippen LogP contribution in [-0.4, -0.2) is 46.7 Å². The van der Waals surface area contributed by atoms with Gasteiger partial charge in [0.25, 0.3) is 0 Å². The van der Waals surface area contributed by atoms with E-state index in [4.69, 9.17) is 4.74 Å². The van der Waals surface area contributed by atoms with Gasteiger partial charge in [-0.3, -0.25) is 19.8 Å². The van der Waals surface area contributed by atoms with Crippen molar-refractivity contribution >= 4 is 22.3 Å². The Bertz CT molecular complexity index is 518. The van der Waals surface area contributed by atoms with Gasteiger partial charge in [0, 0.05) is 24.0 Å². The van der Waals surface area contributed by atoms with E-state index in [1.54, 1.807) is 11.4 Å². The number of carboxylic acid groups (broad SMARTS) is 1. The Morgan fingerprint density at radius 3 is 2.95 bits per heavy atom. The van der Waals surface area contributed by atoms with Gasteiger partial charge in [0.15, 0.2) is 0 Å². The van der Waals surface area contributed by atoms with E-state index in [1.165, 1.54) is 0 Å². The topological polar surface area (TPSA) is 92.9 Å². The lowest BCUT2D eigenvalue weighted by atomic mass is 10.0. The van der Waals surface area contributed by atoms with Crippen molar-refractivity contribution < 1.29 is 19.6 Å². The van der Waals surface area contributed by atoms with E-state index in [0.29, 0.717) is 13.2 Å². The Balaban J connectivity index is 2.10. The molecule has 1 aliphatic heterocycles. The van der Waals surface area contributed by atoms with Gasteiger partial charge in [-0.1, -0.05) is 18.3 Å². The first-order chi connectivity index (χ1) is 10.0. The second-order valence-electron chi connectivity index (χ2n) is 5.07. The Morgan fingerprint density at radius 2 is 2.38 bits per heavy atom. The normalized spacial score (nSPS) is 21.8. The van der Waals surface area contributed by atoms with Gasteiger partial charge in [0.2, 0.25) is 0 Å². The third-order valence-electron chi connectivity index (χ3n) is 3.55. The van der Waals surface area contributed by atoms with E-state index < -0.39 is 16.8 Å². The molecule has 1 N–H and O–H groups in total. The quantitative estimate of drug-likeness (QED) is 0.611. The van der Waals surface area contributed by atoms with E-state index in [2.05, 4.69) is 4.90 Å². The van der Waals surface area contributed by atoms with Crippen LogP contribution in [0.4, 0.5) is 5.00 Å². The molecule has 116 valence electrons. The molecule has 1 aliphatic rings. The van der Waals surface area contributed by atoms with Gasteiger partial charge in [-0.2, -0.15) is 0 Å². The zero-order valence-electron chi connectivity index (χ0n) is 11.7. The van der Waals surface area contributed by atoms with Gasteiger partial charge in [-0.25, -0.2) is 0 Å². The van der Waals surface area contributed by atoms with Crippen LogP contribution in [0.2, 0.25) is 0 Å². The summed E-state index contributed by atoms with van der Waals surface area (Å²) >= 11 is 1.09. The SMILES string of the molecule is CCCN(Cc1csc([N+](=O)[O-])c1)C1COCC1C(=O)O. The van der Waals surface area contributed by atoms with Crippen LogP contribution in [0, 0.1) is 16.0 Å². The predicted molar refractivity (Wildman–Crippen MR) is 77.4 cm³/mol. The first-order valence-corrected chi connectivity index (χ1v) is 7.67. The van der Waals surface area contributed by atoms with Crippen LogP contribution in [0.3, 0.4) is 0 Å². The number of hydrogen-bond donors (Lipinski definition) is 1. The lowest BCUT2D eigenvalue weighted by Crippen LogP contribution is -2.43. The molecule has 0 aliphatic carbocycles. The Kier molecular flexibility index (Phi) is 5.27. The van der Waals surface area contributed by atoms with Gasteiger partial charge in [-0.05, 0) is 18.5 Å². The molecule has 0 bridgehead atoms. The number of aliphatic carboxylic acids is 1. The van der Waals surface area contributed by atoms with E-state index in [1.807, 2.05) is 6.92 Å². The lowest BCUT2D eigenvalue weighted by molar-refractivity contribution is -0.380. The molecular formula is C13H18N2O5S. The molecule has 1 fully saturated rings. The molecule has 2 rings (SSSR count). The number of ether oxygens (including phenoxy) is 1. The predicted octanol–water partition coefficient (Wildman–Crippen LogP) is 1.97. The maximum absolute atomic E-state index is 11.3. The molecule has 2 unspecified atom stereocenters. The molecule has 0 saturated carbocycles. The van der Waals surface area contributed by atoms with Crippen LogP contribution >= 0.6 is 11.3 Å². The van der Waals surface area contributed by atoms with Crippen LogP contribution in [0.15, 0.2) is 11.4 Å². The second-order valence-corrected chi connectivity index (χ2v) is 5.96. The Hall–Kier alpha value is -1.51. The highest BCUT2D eigenvalue weighted by Crippen LogP contribution is 2.27. The van der Waals surface area contributed by atoms with Crippen molar-refractivity contribution in [2.24, 2.45) is 5.92 Å². The maximum atomic E-state index is 11.3. The van der Waals surface area contributed by atoms with Gasteiger partial charge in [0.1, 0.15) is 0 Å². The summed E-state index contributed by atoms with van der Waals surface area (Å²) < 4.78 is 5.31. The van der Waals surface area contributed by atoms with Crippen LogP contribution < -0.4 is 0 Å². The number of nitro groups is 1. The maximum Gasteiger partial charge on any atom is 0.324 e. The number of rotatable bonds is 7. The molecule has 21 heavy (non-hydrogen) atoms. The zero-order valence-corrected chi connectivity index (χ0v) is 12.5. The molecule has 1 aromatic heterocycles. The highest BCUT2D eigenvalue weighted by Gasteiger charge is 2.37.